The number of nitrogens with one attached hydrogen (secondary N) is 1. The first kappa shape index (κ1) is 19.0. The first-order chi connectivity index (χ1) is 12.9. The molecule has 8 heteroatoms. The maximum Gasteiger partial charge on any atom is 0.255 e. The number of nitrogens with zero attached hydrogens (tertiary/aromatic N) is 1. The predicted molar refractivity (Wildman–Crippen MR) is 105 cm³/mol. The van der Waals surface area contributed by atoms with Crippen LogP contribution in [-0.2, 0) is 9.84 Å². The Balaban J connectivity index is 1.82. The van der Waals surface area contributed by atoms with Crippen LogP contribution in [-0.4, -0.2) is 25.2 Å². The van der Waals surface area contributed by atoms with Gasteiger partial charge in [0.25, 0.3) is 5.91 Å². The fourth-order valence-electron chi connectivity index (χ4n) is 2.43. The summed E-state index contributed by atoms with van der Waals surface area (Å²) in [5.41, 5.74) is 7.48. The molecule has 0 saturated heterocycles. The van der Waals surface area contributed by atoms with Crippen molar-refractivity contribution >= 4 is 33.0 Å². The second kappa shape index (κ2) is 7.87. The third-order valence-corrected chi connectivity index (χ3v) is 5.62. The molecule has 3 N–H and O–H groups in total. The van der Waals surface area contributed by atoms with Gasteiger partial charge in [-0.15, -0.1) is 0 Å². The Morgan fingerprint density at radius 3 is 2.44 bits per heavy atom. The van der Waals surface area contributed by atoms with Crippen LogP contribution < -0.4 is 11.1 Å². The zero-order chi connectivity index (χ0) is 19.4. The molecule has 0 fully saturated rings. The molecule has 138 valence electrons. The monoisotopic (exact) mass is 401 g/mol. The summed E-state index contributed by atoms with van der Waals surface area (Å²) in [6.45, 7) is 0. The summed E-state index contributed by atoms with van der Waals surface area (Å²) < 4.78 is 23.5. The Morgan fingerprint density at radius 1 is 1.07 bits per heavy atom. The molecule has 0 atom stereocenters. The van der Waals surface area contributed by atoms with Crippen molar-refractivity contribution in [1.29, 1.82) is 0 Å². The number of carbonyl (C=O) groups is 1. The standard InChI is InChI=1S/C19H16ClN3O3S/c20-17-9-6-14(11-16(17)18-3-1-2-10-22-18)23-19(24)13-4-7-15(8-5-13)27(25,26)12-21/h1-11H,12,21H2,(H,23,24). The second-order valence-electron chi connectivity index (χ2n) is 5.67. The number of nitrogens with two attached hydrogens (primary N) is 1. The van der Waals surface area contributed by atoms with Crippen LogP contribution in [0.3, 0.4) is 0 Å². The molecule has 3 aromatic rings. The van der Waals surface area contributed by atoms with Crippen LogP contribution in [0.15, 0.2) is 71.8 Å². The van der Waals surface area contributed by atoms with Gasteiger partial charge in [0.2, 0.25) is 0 Å². The van der Waals surface area contributed by atoms with Crippen molar-refractivity contribution in [3.05, 3.63) is 77.4 Å². The van der Waals surface area contributed by atoms with E-state index < -0.39 is 15.7 Å². The van der Waals surface area contributed by atoms with Gasteiger partial charge in [-0.2, -0.15) is 0 Å². The molecule has 27 heavy (non-hydrogen) atoms. The zero-order valence-corrected chi connectivity index (χ0v) is 15.7. The number of carbonyl (C=O) groups excluding carboxylic acids is 1. The van der Waals surface area contributed by atoms with Crippen LogP contribution >= 0.6 is 11.6 Å². The second-order valence-corrected chi connectivity index (χ2v) is 8.11. The number of rotatable bonds is 5. The fourth-order valence-corrected chi connectivity index (χ4v) is 3.39. The van der Waals surface area contributed by atoms with E-state index in [1.807, 2.05) is 12.1 Å². The number of amides is 1. The third kappa shape index (κ3) is 4.33. The van der Waals surface area contributed by atoms with Gasteiger partial charge >= 0.3 is 0 Å². The smallest absolute Gasteiger partial charge is 0.255 e. The number of pyridine rings is 1. The van der Waals surface area contributed by atoms with Crippen molar-refractivity contribution in [3.63, 3.8) is 0 Å². The van der Waals surface area contributed by atoms with Gasteiger partial charge in [0, 0.05) is 23.0 Å². The van der Waals surface area contributed by atoms with Crippen LogP contribution in [0.2, 0.25) is 5.02 Å². The maximum absolute atomic E-state index is 12.4. The molecule has 1 heterocycles. The summed E-state index contributed by atoms with van der Waals surface area (Å²) in [5, 5.41) is 3.28. The minimum absolute atomic E-state index is 0.0745. The molecule has 6 nitrogen and oxygen atoms in total. The van der Waals surface area contributed by atoms with E-state index >= 15 is 0 Å². The molecule has 2 aromatic carbocycles. The van der Waals surface area contributed by atoms with Gasteiger partial charge in [-0.3, -0.25) is 9.78 Å². The van der Waals surface area contributed by atoms with Gasteiger partial charge in [-0.25, -0.2) is 8.42 Å². The SMILES string of the molecule is NCS(=O)(=O)c1ccc(C(=O)Nc2ccc(Cl)c(-c3ccccn3)c2)cc1. The van der Waals surface area contributed by atoms with E-state index in [9.17, 15) is 13.2 Å². The summed E-state index contributed by atoms with van der Waals surface area (Å²) >= 11 is 6.24. The van der Waals surface area contributed by atoms with Gasteiger partial charge in [0.05, 0.1) is 15.6 Å². The van der Waals surface area contributed by atoms with Crippen molar-refractivity contribution in [2.75, 3.05) is 11.2 Å². The largest absolute Gasteiger partial charge is 0.322 e. The summed E-state index contributed by atoms with van der Waals surface area (Å²) in [7, 11) is -3.52. The van der Waals surface area contributed by atoms with E-state index in [-0.39, 0.29) is 10.8 Å². The Morgan fingerprint density at radius 2 is 1.81 bits per heavy atom. The van der Waals surface area contributed by atoms with Crippen LogP contribution in [0.4, 0.5) is 5.69 Å². The highest BCUT2D eigenvalue weighted by Crippen LogP contribution is 2.29. The molecular weight excluding hydrogens is 386 g/mol. The molecule has 0 spiro atoms. The summed E-state index contributed by atoms with van der Waals surface area (Å²) in [5.74, 6) is -0.861. The summed E-state index contributed by atoms with van der Waals surface area (Å²) in [6, 6.07) is 16.2. The summed E-state index contributed by atoms with van der Waals surface area (Å²) in [4.78, 5) is 16.8. The molecule has 0 radical (unpaired) electrons. The van der Waals surface area contributed by atoms with Crippen molar-refractivity contribution in [2.45, 2.75) is 4.90 Å². The first-order valence-electron chi connectivity index (χ1n) is 7.96. The van der Waals surface area contributed by atoms with E-state index in [1.54, 1.807) is 30.5 Å². The van der Waals surface area contributed by atoms with Crippen molar-refractivity contribution in [1.82, 2.24) is 4.98 Å². The minimum atomic E-state index is -3.52. The molecule has 0 saturated carbocycles. The zero-order valence-electron chi connectivity index (χ0n) is 14.1. The lowest BCUT2D eigenvalue weighted by molar-refractivity contribution is 0.102. The van der Waals surface area contributed by atoms with Crippen LogP contribution in [0.5, 0.6) is 0 Å². The topological polar surface area (TPSA) is 102 Å². The Hall–Kier alpha value is -2.74. The van der Waals surface area contributed by atoms with Gasteiger partial charge in [0.1, 0.15) is 5.88 Å². The highest BCUT2D eigenvalue weighted by Gasteiger charge is 2.14. The van der Waals surface area contributed by atoms with Crippen molar-refractivity contribution in [2.24, 2.45) is 5.73 Å². The number of hydrogen-bond donors (Lipinski definition) is 2. The lowest BCUT2D eigenvalue weighted by Crippen LogP contribution is -2.15. The van der Waals surface area contributed by atoms with Crippen molar-refractivity contribution in [3.8, 4) is 11.3 Å². The van der Waals surface area contributed by atoms with Crippen LogP contribution in [0, 0.1) is 0 Å². The highest BCUT2D eigenvalue weighted by atomic mass is 35.5. The average molecular weight is 402 g/mol. The van der Waals surface area contributed by atoms with Gasteiger partial charge in [-0.05, 0) is 54.6 Å². The van der Waals surface area contributed by atoms with Crippen LogP contribution in [0.25, 0.3) is 11.3 Å². The van der Waals surface area contributed by atoms with Gasteiger partial charge < -0.3 is 11.1 Å². The molecule has 0 unspecified atom stereocenters. The average Bonchev–Trinajstić information content (AvgIpc) is 2.70. The Kier molecular flexibility index (Phi) is 5.55. The quantitative estimate of drug-likeness (QED) is 0.682. The van der Waals surface area contributed by atoms with E-state index in [0.717, 1.165) is 0 Å². The molecule has 0 aliphatic rings. The third-order valence-electron chi connectivity index (χ3n) is 3.86. The number of benzene rings is 2. The minimum Gasteiger partial charge on any atom is -0.322 e. The fraction of sp³-hybridized carbons (Fsp3) is 0.0526. The predicted octanol–water partition coefficient (Wildman–Crippen LogP) is 3.34. The van der Waals surface area contributed by atoms with E-state index in [0.29, 0.717) is 27.5 Å². The Bertz CT molecular complexity index is 1070. The molecular formula is C19H16ClN3O3S. The molecule has 0 aliphatic carbocycles. The Labute approximate surface area is 161 Å². The molecule has 1 aromatic heterocycles. The maximum atomic E-state index is 12.4. The number of hydrogen-bond acceptors (Lipinski definition) is 5. The lowest BCUT2D eigenvalue weighted by atomic mass is 10.1. The number of anilines is 1. The van der Waals surface area contributed by atoms with E-state index in [2.05, 4.69) is 10.3 Å². The van der Waals surface area contributed by atoms with Crippen LogP contribution in [0.1, 0.15) is 10.4 Å². The number of sulfone groups is 1. The lowest BCUT2D eigenvalue weighted by Gasteiger charge is -2.09. The number of halogens is 1. The van der Waals surface area contributed by atoms with E-state index in [1.165, 1.54) is 24.3 Å². The molecule has 3 rings (SSSR count). The molecule has 1 amide bonds. The van der Waals surface area contributed by atoms with Crippen molar-refractivity contribution < 1.29 is 13.2 Å². The number of aromatic nitrogens is 1. The van der Waals surface area contributed by atoms with Gasteiger partial charge in [-0.1, -0.05) is 17.7 Å². The highest BCUT2D eigenvalue weighted by molar-refractivity contribution is 7.91. The first-order valence-corrected chi connectivity index (χ1v) is 9.99. The van der Waals surface area contributed by atoms with E-state index in [4.69, 9.17) is 17.3 Å². The summed E-state index contributed by atoms with van der Waals surface area (Å²) in [6.07, 6.45) is 1.66. The molecule has 0 aliphatic heterocycles. The molecule has 0 bridgehead atoms. The normalized spacial score (nSPS) is 11.2. The van der Waals surface area contributed by atoms with Gasteiger partial charge in [0.15, 0.2) is 9.84 Å².